The Morgan fingerprint density at radius 2 is 1.64 bits per heavy atom. The van der Waals surface area contributed by atoms with Gasteiger partial charge in [-0.15, -0.1) is 0 Å². The second-order valence-electron chi connectivity index (χ2n) is 11.6. The van der Waals surface area contributed by atoms with Gasteiger partial charge in [0, 0.05) is 55.1 Å². The number of anilines is 1. The summed E-state index contributed by atoms with van der Waals surface area (Å²) in [6.45, 7) is 16.4. The van der Waals surface area contributed by atoms with Crippen molar-refractivity contribution in [1.82, 2.24) is 20.2 Å². The molecule has 1 fully saturated rings. The second kappa shape index (κ2) is 12.6. The topological polar surface area (TPSA) is 44.3 Å². The number of nitrogens with one attached hydrogen (secondary N) is 1. The standard InChI is InChI=1S/C34H47N5/c1-6-26-13-10-14-27(7-2)32(26)33-36-25(5)29(34(37-33)39-22-20-38(21-23-39)24(3)4)18-19-35-31-17-11-15-28-12-8-9-16-30(28)31/h8-10,12-14,16,24,31,35H,6-7,11,15,17-23H2,1-5H3/t31-/m0/s1. The molecular formula is C34H47N5. The highest BCUT2D eigenvalue weighted by molar-refractivity contribution is 5.68. The van der Waals surface area contributed by atoms with Crippen LogP contribution in [0.15, 0.2) is 42.5 Å². The molecule has 5 rings (SSSR count). The molecule has 2 heterocycles. The third-order valence-corrected chi connectivity index (χ3v) is 8.89. The predicted octanol–water partition coefficient (Wildman–Crippen LogP) is 6.32. The third-order valence-electron chi connectivity index (χ3n) is 8.89. The summed E-state index contributed by atoms with van der Waals surface area (Å²) in [5.74, 6) is 2.06. The van der Waals surface area contributed by atoms with Gasteiger partial charge in [0.05, 0.1) is 0 Å². The SMILES string of the molecule is CCc1cccc(CC)c1-c1nc(C)c(CCN[C@H]2CCCc3ccccc32)c(N2CCN(C(C)C)CC2)n1. The van der Waals surface area contributed by atoms with Gasteiger partial charge in [0.15, 0.2) is 5.82 Å². The molecule has 208 valence electrons. The highest BCUT2D eigenvalue weighted by Gasteiger charge is 2.25. The van der Waals surface area contributed by atoms with Gasteiger partial charge in [-0.25, -0.2) is 9.97 Å². The van der Waals surface area contributed by atoms with Crippen LogP contribution in [0.5, 0.6) is 0 Å². The fourth-order valence-electron chi connectivity index (χ4n) is 6.56. The Bertz CT molecular complexity index is 1240. The van der Waals surface area contributed by atoms with E-state index in [1.807, 2.05) is 0 Å². The highest BCUT2D eigenvalue weighted by atomic mass is 15.3. The minimum atomic E-state index is 0.442. The van der Waals surface area contributed by atoms with E-state index >= 15 is 0 Å². The lowest BCUT2D eigenvalue weighted by Gasteiger charge is -2.38. The van der Waals surface area contributed by atoms with E-state index in [2.05, 4.69) is 92.2 Å². The van der Waals surface area contributed by atoms with Gasteiger partial charge in [-0.2, -0.15) is 0 Å². The number of nitrogens with zero attached hydrogens (tertiary/aromatic N) is 4. The van der Waals surface area contributed by atoms with Crippen LogP contribution in [0, 0.1) is 6.92 Å². The summed E-state index contributed by atoms with van der Waals surface area (Å²) in [7, 11) is 0. The van der Waals surface area contributed by atoms with E-state index in [9.17, 15) is 0 Å². The van der Waals surface area contributed by atoms with Gasteiger partial charge in [0.1, 0.15) is 5.82 Å². The molecule has 3 aromatic rings. The van der Waals surface area contributed by atoms with Crippen LogP contribution in [0.4, 0.5) is 5.82 Å². The number of hydrogen-bond donors (Lipinski definition) is 1. The molecule has 1 atom stereocenters. The van der Waals surface area contributed by atoms with E-state index in [1.54, 1.807) is 0 Å². The van der Waals surface area contributed by atoms with Gasteiger partial charge in [0.25, 0.3) is 0 Å². The zero-order chi connectivity index (χ0) is 27.4. The molecule has 2 aliphatic rings. The van der Waals surface area contributed by atoms with Crippen molar-refractivity contribution < 1.29 is 0 Å². The summed E-state index contributed by atoms with van der Waals surface area (Å²) in [6.07, 6.45) is 6.59. The highest BCUT2D eigenvalue weighted by Crippen LogP contribution is 2.32. The quantitative estimate of drug-likeness (QED) is 0.354. The Morgan fingerprint density at radius 1 is 0.923 bits per heavy atom. The Morgan fingerprint density at radius 3 is 2.33 bits per heavy atom. The summed E-state index contributed by atoms with van der Waals surface area (Å²) in [4.78, 5) is 15.7. The Labute approximate surface area is 236 Å². The number of fused-ring (bicyclic) bond motifs is 1. The molecule has 0 saturated carbocycles. The molecule has 1 N–H and O–H groups in total. The van der Waals surface area contributed by atoms with Gasteiger partial charge in [-0.3, -0.25) is 4.90 Å². The normalized spacial score (nSPS) is 18.0. The monoisotopic (exact) mass is 525 g/mol. The van der Waals surface area contributed by atoms with Crippen molar-refractivity contribution in [3.63, 3.8) is 0 Å². The zero-order valence-corrected chi connectivity index (χ0v) is 24.8. The first-order chi connectivity index (χ1) is 19.0. The number of rotatable bonds is 9. The van der Waals surface area contributed by atoms with Gasteiger partial charge in [-0.05, 0) is 88.1 Å². The average Bonchev–Trinajstić information content (AvgIpc) is 2.97. The van der Waals surface area contributed by atoms with E-state index < -0.39 is 0 Å². The molecule has 0 bridgehead atoms. The molecule has 39 heavy (non-hydrogen) atoms. The largest absolute Gasteiger partial charge is 0.354 e. The van der Waals surface area contributed by atoms with Crippen molar-refractivity contribution >= 4 is 5.82 Å². The first-order valence-electron chi connectivity index (χ1n) is 15.3. The van der Waals surface area contributed by atoms with Crippen LogP contribution < -0.4 is 10.2 Å². The third kappa shape index (κ3) is 6.05. The lowest BCUT2D eigenvalue weighted by atomic mass is 9.87. The van der Waals surface area contributed by atoms with Crippen molar-refractivity contribution in [2.45, 2.75) is 85.2 Å². The molecule has 0 amide bonds. The summed E-state index contributed by atoms with van der Waals surface area (Å²) < 4.78 is 0. The molecule has 1 aromatic heterocycles. The second-order valence-corrected chi connectivity index (χ2v) is 11.6. The smallest absolute Gasteiger partial charge is 0.162 e. The van der Waals surface area contributed by atoms with Crippen molar-refractivity contribution in [3.8, 4) is 11.4 Å². The minimum absolute atomic E-state index is 0.442. The first-order valence-corrected chi connectivity index (χ1v) is 15.3. The zero-order valence-electron chi connectivity index (χ0n) is 24.8. The molecule has 1 aliphatic heterocycles. The molecule has 0 unspecified atom stereocenters. The summed E-state index contributed by atoms with van der Waals surface area (Å²) in [5, 5.41) is 3.91. The summed E-state index contributed by atoms with van der Waals surface area (Å²) in [6, 6.07) is 16.7. The molecule has 2 aromatic carbocycles. The van der Waals surface area contributed by atoms with E-state index in [4.69, 9.17) is 9.97 Å². The molecule has 5 nitrogen and oxygen atoms in total. The number of piperazine rings is 1. The van der Waals surface area contributed by atoms with Crippen LogP contribution in [0.3, 0.4) is 0 Å². The van der Waals surface area contributed by atoms with E-state index in [0.717, 1.165) is 69.3 Å². The first kappa shape index (κ1) is 27.8. The van der Waals surface area contributed by atoms with Gasteiger partial charge < -0.3 is 10.2 Å². The van der Waals surface area contributed by atoms with Gasteiger partial charge >= 0.3 is 0 Å². The van der Waals surface area contributed by atoms with Crippen LogP contribution in [0.1, 0.15) is 80.1 Å². The van der Waals surface area contributed by atoms with Crippen LogP contribution in [0.2, 0.25) is 0 Å². The summed E-state index contributed by atoms with van der Waals surface area (Å²) >= 11 is 0. The molecule has 1 saturated heterocycles. The number of hydrogen-bond acceptors (Lipinski definition) is 5. The van der Waals surface area contributed by atoms with Crippen molar-refractivity contribution in [3.05, 3.63) is 76.0 Å². The van der Waals surface area contributed by atoms with E-state index in [-0.39, 0.29) is 0 Å². The molecule has 0 spiro atoms. The van der Waals surface area contributed by atoms with Crippen LogP contribution in [-0.4, -0.2) is 53.6 Å². The van der Waals surface area contributed by atoms with Crippen molar-refractivity contribution in [2.75, 3.05) is 37.6 Å². The number of benzene rings is 2. The summed E-state index contributed by atoms with van der Waals surface area (Å²) in [5.41, 5.74) is 9.36. The molecule has 1 aliphatic carbocycles. The number of aromatic nitrogens is 2. The number of aryl methyl sites for hydroxylation is 4. The van der Waals surface area contributed by atoms with Gasteiger partial charge in [-0.1, -0.05) is 56.3 Å². The van der Waals surface area contributed by atoms with E-state index in [0.29, 0.717) is 12.1 Å². The fraction of sp³-hybridized carbons (Fsp3) is 0.529. The van der Waals surface area contributed by atoms with Crippen LogP contribution in [0.25, 0.3) is 11.4 Å². The Kier molecular flexibility index (Phi) is 8.99. The average molecular weight is 526 g/mol. The van der Waals surface area contributed by atoms with Crippen molar-refractivity contribution in [2.24, 2.45) is 0 Å². The van der Waals surface area contributed by atoms with E-state index in [1.165, 1.54) is 52.6 Å². The lowest BCUT2D eigenvalue weighted by Crippen LogP contribution is -2.49. The maximum Gasteiger partial charge on any atom is 0.162 e. The minimum Gasteiger partial charge on any atom is -0.354 e. The molecule has 5 heteroatoms. The van der Waals surface area contributed by atoms with Crippen molar-refractivity contribution in [1.29, 1.82) is 0 Å². The lowest BCUT2D eigenvalue weighted by molar-refractivity contribution is 0.209. The molecular weight excluding hydrogens is 478 g/mol. The maximum atomic E-state index is 5.38. The van der Waals surface area contributed by atoms with Gasteiger partial charge in [0.2, 0.25) is 0 Å². The fourth-order valence-corrected chi connectivity index (χ4v) is 6.56. The Balaban J connectivity index is 1.45. The molecule has 0 radical (unpaired) electrons. The Hall–Kier alpha value is -2.76. The maximum absolute atomic E-state index is 5.38. The van der Waals surface area contributed by atoms with Crippen LogP contribution in [-0.2, 0) is 25.7 Å². The predicted molar refractivity (Wildman–Crippen MR) is 164 cm³/mol. The van der Waals surface area contributed by atoms with Crippen LogP contribution >= 0.6 is 0 Å².